The first kappa shape index (κ1) is 15.2. The molecule has 0 saturated carbocycles. The van der Waals surface area contributed by atoms with Crippen LogP contribution in [0.2, 0.25) is 0 Å². The maximum Gasteiger partial charge on any atom is 0.187 e. The predicted octanol–water partition coefficient (Wildman–Crippen LogP) is 5.86. The van der Waals surface area contributed by atoms with Gasteiger partial charge in [0.1, 0.15) is 17.0 Å². The van der Waals surface area contributed by atoms with E-state index in [0.29, 0.717) is 11.5 Å². The van der Waals surface area contributed by atoms with Gasteiger partial charge in [0.15, 0.2) is 11.6 Å². The number of benzene rings is 2. The highest BCUT2D eigenvalue weighted by Crippen LogP contribution is 2.32. The summed E-state index contributed by atoms with van der Waals surface area (Å²) in [5, 5.41) is 8.41. The molecule has 4 rings (SSSR count). The average molecular weight is 330 g/mol. The lowest BCUT2D eigenvalue weighted by Crippen LogP contribution is -1.84. The van der Waals surface area contributed by atoms with E-state index in [1.807, 2.05) is 60.0 Å². The van der Waals surface area contributed by atoms with E-state index in [1.165, 1.54) is 6.07 Å². The van der Waals surface area contributed by atoms with Gasteiger partial charge in [0.2, 0.25) is 0 Å². The van der Waals surface area contributed by atoms with Gasteiger partial charge < -0.3 is 0 Å². The zero-order chi connectivity index (χ0) is 17.2. The summed E-state index contributed by atoms with van der Waals surface area (Å²) in [5.74, 6) is 0.168. The van der Waals surface area contributed by atoms with Crippen LogP contribution in [0.3, 0.4) is 0 Å². The fourth-order valence-corrected chi connectivity index (χ4v) is 2.65. The van der Waals surface area contributed by atoms with Gasteiger partial charge in [-0.05, 0) is 36.8 Å². The Kier molecular flexibility index (Phi) is 3.82. The van der Waals surface area contributed by atoms with E-state index in [-0.39, 0.29) is 5.69 Å². The second-order valence-electron chi connectivity index (χ2n) is 5.73. The minimum Gasteiger partial charge on any atom is -0.283 e. The minimum absolute atomic E-state index is 0.198. The van der Waals surface area contributed by atoms with Crippen molar-refractivity contribution in [3.63, 3.8) is 0 Å². The molecular weight excluding hydrogens is 315 g/mol. The van der Waals surface area contributed by atoms with Crippen LogP contribution in [-0.2, 0) is 0 Å². The summed E-state index contributed by atoms with van der Waals surface area (Å²) in [7, 11) is 0. The van der Waals surface area contributed by atoms with E-state index in [2.05, 4.69) is 10.2 Å². The second-order valence-corrected chi connectivity index (χ2v) is 5.73. The Morgan fingerprint density at radius 1 is 0.920 bits per heavy atom. The van der Waals surface area contributed by atoms with Gasteiger partial charge in [0, 0.05) is 11.8 Å². The van der Waals surface area contributed by atoms with Crippen molar-refractivity contribution in [2.24, 2.45) is 10.2 Å². The number of pyridine rings is 1. The fraction of sp³-hybridized carbons (Fsp3) is 0.0500. The van der Waals surface area contributed by atoms with Crippen molar-refractivity contribution in [3.05, 3.63) is 84.3 Å². The third kappa shape index (κ3) is 2.92. The van der Waals surface area contributed by atoms with Gasteiger partial charge in [-0.25, -0.2) is 9.37 Å². The number of aryl methyl sites for hydroxylation is 1. The number of azo groups is 1. The molecule has 0 bridgehead atoms. The highest BCUT2D eigenvalue weighted by Gasteiger charge is 2.14. The molecule has 2 aromatic heterocycles. The van der Waals surface area contributed by atoms with E-state index >= 15 is 0 Å². The molecule has 0 aliphatic carbocycles. The molecule has 0 unspecified atom stereocenters. The topological polar surface area (TPSA) is 42.0 Å². The average Bonchev–Trinajstić information content (AvgIpc) is 2.99. The molecule has 0 saturated heterocycles. The fourth-order valence-electron chi connectivity index (χ4n) is 2.65. The molecule has 0 atom stereocenters. The zero-order valence-corrected chi connectivity index (χ0v) is 13.6. The number of fused-ring (bicyclic) bond motifs is 1. The van der Waals surface area contributed by atoms with Crippen molar-refractivity contribution in [1.29, 1.82) is 0 Å². The van der Waals surface area contributed by atoms with Gasteiger partial charge in [-0.1, -0.05) is 42.5 Å². The van der Waals surface area contributed by atoms with Crippen molar-refractivity contribution in [2.45, 2.75) is 6.92 Å². The molecule has 2 heterocycles. The number of hydrogen-bond donors (Lipinski definition) is 0. The van der Waals surface area contributed by atoms with Gasteiger partial charge in [-0.15, -0.1) is 10.2 Å². The summed E-state index contributed by atoms with van der Waals surface area (Å²) >= 11 is 0. The van der Waals surface area contributed by atoms with E-state index in [4.69, 9.17) is 4.98 Å². The van der Waals surface area contributed by atoms with Gasteiger partial charge in [-0.2, -0.15) is 0 Å². The predicted molar refractivity (Wildman–Crippen MR) is 95.9 cm³/mol. The molecule has 25 heavy (non-hydrogen) atoms. The molecule has 0 N–H and O–H groups in total. The summed E-state index contributed by atoms with van der Waals surface area (Å²) in [6.07, 6.45) is 1.90. The summed E-state index contributed by atoms with van der Waals surface area (Å²) in [4.78, 5) is 4.69. The lowest BCUT2D eigenvalue weighted by molar-refractivity contribution is 0.628. The Labute approximate surface area is 144 Å². The Morgan fingerprint density at radius 3 is 2.48 bits per heavy atom. The van der Waals surface area contributed by atoms with Crippen molar-refractivity contribution in [3.8, 4) is 11.3 Å². The highest BCUT2D eigenvalue weighted by molar-refractivity contribution is 5.74. The smallest absolute Gasteiger partial charge is 0.187 e. The van der Waals surface area contributed by atoms with Crippen LogP contribution in [0.25, 0.3) is 16.9 Å². The van der Waals surface area contributed by atoms with E-state index < -0.39 is 5.82 Å². The van der Waals surface area contributed by atoms with E-state index in [9.17, 15) is 4.39 Å². The molecule has 0 fully saturated rings. The third-order valence-corrected chi connectivity index (χ3v) is 3.91. The van der Waals surface area contributed by atoms with Crippen LogP contribution in [0.4, 0.5) is 15.9 Å². The van der Waals surface area contributed by atoms with E-state index in [1.54, 1.807) is 18.2 Å². The molecule has 122 valence electrons. The Hall–Kier alpha value is -3.34. The Balaban J connectivity index is 1.90. The van der Waals surface area contributed by atoms with Gasteiger partial charge in [-0.3, -0.25) is 4.40 Å². The quantitative estimate of drug-likeness (QED) is 0.433. The van der Waals surface area contributed by atoms with Crippen molar-refractivity contribution >= 4 is 17.2 Å². The van der Waals surface area contributed by atoms with Crippen LogP contribution in [0.1, 0.15) is 5.56 Å². The molecule has 0 amide bonds. The maximum atomic E-state index is 13.8. The first-order valence-corrected chi connectivity index (χ1v) is 7.93. The van der Waals surface area contributed by atoms with Crippen LogP contribution in [0.15, 0.2) is 83.2 Å². The maximum absolute atomic E-state index is 13.8. The van der Waals surface area contributed by atoms with Crippen LogP contribution >= 0.6 is 0 Å². The number of rotatable bonds is 3. The van der Waals surface area contributed by atoms with Gasteiger partial charge in [0.05, 0.1) is 0 Å². The number of imidazole rings is 1. The van der Waals surface area contributed by atoms with Crippen molar-refractivity contribution < 1.29 is 4.39 Å². The molecular formula is C20H15FN4. The van der Waals surface area contributed by atoms with Gasteiger partial charge >= 0.3 is 0 Å². The van der Waals surface area contributed by atoms with Crippen molar-refractivity contribution in [2.75, 3.05) is 0 Å². The molecule has 0 aliphatic heterocycles. The van der Waals surface area contributed by atoms with Crippen LogP contribution in [0.5, 0.6) is 0 Å². The zero-order valence-electron chi connectivity index (χ0n) is 13.6. The summed E-state index contributed by atoms with van der Waals surface area (Å²) in [5.41, 5.74) is 3.73. The molecule has 4 nitrogen and oxygen atoms in total. The number of aromatic nitrogens is 2. The second kappa shape index (κ2) is 6.28. The first-order chi connectivity index (χ1) is 12.2. The SMILES string of the molecule is Cc1ccn2c(N=Nc3ccccc3F)c(-c3ccccc3)nc2c1. The standard InChI is InChI=1S/C20H15FN4/c1-14-11-12-25-18(13-14)22-19(15-7-3-2-4-8-15)20(25)24-23-17-10-6-5-9-16(17)21/h2-13H,1H3. The third-order valence-electron chi connectivity index (χ3n) is 3.91. The normalized spacial score (nSPS) is 11.4. The molecule has 0 aliphatic rings. The number of hydrogen-bond acceptors (Lipinski definition) is 3. The summed E-state index contributed by atoms with van der Waals surface area (Å²) < 4.78 is 15.7. The molecule has 0 radical (unpaired) electrons. The highest BCUT2D eigenvalue weighted by atomic mass is 19.1. The molecule has 4 aromatic rings. The van der Waals surface area contributed by atoms with Crippen LogP contribution < -0.4 is 0 Å². The molecule has 2 aromatic carbocycles. The summed E-state index contributed by atoms with van der Waals surface area (Å²) in [6.45, 7) is 2.01. The first-order valence-electron chi connectivity index (χ1n) is 7.93. The monoisotopic (exact) mass is 330 g/mol. The number of nitrogens with zero attached hydrogens (tertiary/aromatic N) is 4. The summed E-state index contributed by atoms with van der Waals surface area (Å²) in [6, 6.07) is 20.1. The van der Waals surface area contributed by atoms with Crippen LogP contribution in [-0.4, -0.2) is 9.38 Å². The van der Waals surface area contributed by atoms with E-state index in [0.717, 1.165) is 16.8 Å². The largest absolute Gasteiger partial charge is 0.283 e. The number of halogens is 1. The lowest BCUT2D eigenvalue weighted by Gasteiger charge is -2.00. The van der Waals surface area contributed by atoms with Gasteiger partial charge in [0.25, 0.3) is 0 Å². The minimum atomic E-state index is -0.405. The van der Waals surface area contributed by atoms with Crippen molar-refractivity contribution in [1.82, 2.24) is 9.38 Å². The Morgan fingerprint density at radius 2 is 1.68 bits per heavy atom. The molecule has 0 spiro atoms. The molecule has 5 heteroatoms. The van der Waals surface area contributed by atoms with Crippen LogP contribution in [0, 0.1) is 12.7 Å². The Bertz CT molecular complexity index is 1070. The lowest BCUT2D eigenvalue weighted by atomic mass is 10.1.